The average Bonchev–Trinajstić information content (AvgIpc) is 2.89. The summed E-state index contributed by atoms with van der Waals surface area (Å²) < 4.78 is 0. The van der Waals surface area contributed by atoms with Crippen molar-refractivity contribution in [3.05, 3.63) is 46.2 Å². The molecule has 4 nitrogen and oxygen atoms in total. The summed E-state index contributed by atoms with van der Waals surface area (Å²) in [6, 6.07) is 5.30. The second kappa shape index (κ2) is 6.43. The van der Waals surface area contributed by atoms with Crippen LogP contribution >= 0.6 is 11.3 Å². The van der Waals surface area contributed by atoms with Gasteiger partial charge in [0.05, 0.1) is 10.7 Å². The van der Waals surface area contributed by atoms with Gasteiger partial charge in [-0.1, -0.05) is 19.9 Å². The molecule has 2 aromatic heterocycles. The van der Waals surface area contributed by atoms with Crippen LogP contribution in [0.5, 0.6) is 0 Å². The molecule has 0 fully saturated rings. The van der Waals surface area contributed by atoms with Crippen LogP contribution in [-0.4, -0.2) is 22.4 Å². The number of nitrogens with one attached hydrogen (secondary N) is 1. The number of amides is 1. The van der Waals surface area contributed by atoms with Crippen molar-refractivity contribution in [2.45, 2.75) is 26.2 Å². The van der Waals surface area contributed by atoms with Crippen molar-refractivity contribution in [1.29, 1.82) is 0 Å². The van der Waals surface area contributed by atoms with E-state index in [-0.39, 0.29) is 5.91 Å². The zero-order valence-corrected chi connectivity index (χ0v) is 11.9. The minimum absolute atomic E-state index is 0.138. The highest BCUT2D eigenvalue weighted by molar-refractivity contribution is 7.09. The normalized spacial score (nSPS) is 10.7. The number of nitrogens with zero attached hydrogens (tertiary/aromatic N) is 2. The molecule has 0 aliphatic carbocycles. The molecule has 0 spiro atoms. The molecule has 100 valence electrons. The number of carbonyl (C=O) groups excluding carboxylic acids is 1. The highest BCUT2D eigenvalue weighted by atomic mass is 32.1. The van der Waals surface area contributed by atoms with Crippen molar-refractivity contribution in [3.8, 4) is 0 Å². The number of thiazole rings is 1. The Hall–Kier alpha value is -1.75. The number of hydrogen-bond acceptors (Lipinski definition) is 4. The van der Waals surface area contributed by atoms with Gasteiger partial charge in [-0.2, -0.15) is 0 Å². The Morgan fingerprint density at radius 3 is 2.89 bits per heavy atom. The van der Waals surface area contributed by atoms with Gasteiger partial charge >= 0.3 is 0 Å². The van der Waals surface area contributed by atoms with Crippen molar-refractivity contribution in [3.63, 3.8) is 0 Å². The lowest BCUT2D eigenvalue weighted by Gasteiger charge is -2.02. The van der Waals surface area contributed by atoms with Crippen molar-refractivity contribution in [1.82, 2.24) is 15.3 Å². The van der Waals surface area contributed by atoms with E-state index in [0.717, 1.165) is 17.1 Å². The Kier molecular flexibility index (Phi) is 4.63. The van der Waals surface area contributed by atoms with Crippen molar-refractivity contribution >= 4 is 17.2 Å². The van der Waals surface area contributed by atoms with Crippen LogP contribution < -0.4 is 5.32 Å². The molecule has 2 heterocycles. The predicted octanol–water partition coefficient (Wildman–Crippen LogP) is 2.63. The summed E-state index contributed by atoms with van der Waals surface area (Å²) in [7, 11) is 0. The first-order valence-electron chi connectivity index (χ1n) is 6.30. The quantitative estimate of drug-likeness (QED) is 0.912. The minimum atomic E-state index is -0.138. The second-order valence-electron chi connectivity index (χ2n) is 4.54. The molecular weight excluding hydrogens is 258 g/mol. The Bertz CT molecular complexity index is 537. The van der Waals surface area contributed by atoms with E-state index in [0.29, 0.717) is 18.2 Å². The Labute approximate surface area is 116 Å². The van der Waals surface area contributed by atoms with Crippen LogP contribution in [0.4, 0.5) is 0 Å². The van der Waals surface area contributed by atoms with Crippen LogP contribution in [0.2, 0.25) is 0 Å². The number of rotatable bonds is 5. The van der Waals surface area contributed by atoms with Crippen LogP contribution in [0.25, 0.3) is 0 Å². The molecule has 0 saturated heterocycles. The van der Waals surface area contributed by atoms with Crippen LogP contribution in [-0.2, 0) is 6.42 Å². The summed E-state index contributed by atoms with van der Waals surface area (Å²) in [5.74, 6) is 0.314. The van der Waals surface area contributed by atoms with E-state index in [1.807, 2.05) is 0 Å². The molecule has 0 radical (unpaired) electrons. The number of carbonyl (C=O) groups is 1. The van der Waals surface area contributed by atoms with Gasteiger partial charge in [0.15, 0.2) is 0 Å². The smallest absolute Gasteiger partial charge is 0.269 e. The summed E-state index contributed by atoms with van der Waals surface area (Å²) >= 11 is 1.65. The number of pyridine rings is 1. The molecule has 19 heavy (non-hydrogen) atoms. The highest BCUT2D eigenvalue weighted by Crippen LogP contribution is 2.17. The fourth-order valence-corrected chi connectivity index (χ4v) is 2.54. The number of aromatic nitrogens is 2. The zero-order chi connectivity index (χ0) is 13.7. The largest absolute Gasteiger partial charge is 0.350 e. The summed E-state index contributed by atoms with van der Waals surface area (Å²) in [4.78, 5) is 20.3. The average molecular weight is 275 g/mol. The van der Waals surface area contributed by atoms with Crippen molar-refractivity contribution in [2.24, 2.45) is 0 Å². The fourth-order valence-electron chi connectivity index (χ4n) is 1.58. The van der Waals surface area contributed by atoms with Gasteiger partial charge in [0.2, 0.25) is 0 Å². The van der Waals surface area contributed by atoms with Gasteiger partial charge in [0.25, 0.3) is 5.91 Å². The Morgan fingerprint density at radius 2 is 2.26 bits per heavy atom. The molecule has 0 atom stereocenters. The summed E-state index contributed by atoms with van der Waals surface area (Å²) in [5.41, 5.74) is 1.57. The highest BCUT2D eigenvalue weighted by Gasteiger charge is 2.08. The van der Waals surface area contributed by atoms with E-state index in [9.17, 15) is 4.79 Å². The first-order valence-corrected chi connectivity index (χ1v) is 7.18. The molecule has 2 rings (SSSR count). The lowest BCUT2D eigenvalue weighted by atomic mass is 10.2. The van der Waals surface area contributed by atoms with E-state index < -0.39 is 0 Å². The lowest BCUT2D eigenvalue weighted by Crippen LogP contribution is -2.26. The first kappa shape index (κ1) is 13.7. The van der Waals surface area contributed by atoms with E-state index in [1.165, 1.54) is 0 Å². The van der Waals surface area contributed by atoms with E-state index in [4.69, 9.17) is 0 Å². The maximum Gasteiger partial charge on any atom is 0.269 e. The summed E-state index contributed by atoms with van der Waals surface area (Å²) in [5, 5.41) is 6.00. The van der Waals surface area contributed by atoms with Crippen molar-refractivity contribution in [2.75, 3.05) is 6.54 Å². The van der Waals surface area contributed by atoms with Crippen LogP contribution in [0, 0.1) is 0 Å². The molecule has 0 aliphatic rings. The molecule has 0 unspecified atom stereocenters. The van der Waals surface area contributed by atoms with Crippen LogP contribution in [0.3, 0.4) is 0 Å². The molecule has 0 bridgehead atoms. The summed E-state index contributed by atoms with van der Waals surface area (Å²) in [6.45, 7) is 4.84. The molecule has 1 N–H and O–H groups in total. The molecule has 0 aromatic carbocycles. The van der Waals surface area contributed by atoms with E-state index in [2.05, 4.69) is 34.5 Å². The first-order chi connectivity index (χ1) is 9.16. The molecule has 1 amide bonds. The van der Waals surface area contributed by atoms with Gasteiger partial charge in [-0.05, 0) is 18.1 Å². The maximum atomic E-state index is 11.8. The standard InChI is InChI=1S/C14H17N3OS/c1-10(2)12-9-19-13(17-12)6-8-16-14(18)11-5-3-4-7-15-11/h3-5,7,9-10H,6,8H2,1-2H3,(H,16,18). The monoisotopic (exact) mass is 275 g/mol. The Balaban J connectivity index is 1.81. The fraction of sp³-hybridized carbons (Fsp3) is 0.357. The topological polar surface area (TPSA) is 54.9 Å². The van der Waals surface area contributed by atoms with E-state index >= 15 is 0 Å². The zero-order valence-electron chi connectivity index (χ0n) is 11.1. The maximum absolute atomic E-state index is 11.8. The Morgan fingerprint density at radius 1 is 1.42 bits per heavy atom. The predicted molar refractivity (Wildman–Crippen MR) is 76.5 cm³/mol. The van der Waals surface area contributed by atoms with Gasteiger partial charge in [-0.15, -0.1) is 11.3 Å². The van der Waals surface area contributed by atoms with E-state index in [1.54, 1.807) is 35.7 Å². The third-order valence-electron chi connectivity index (χ3n) is 2.68. The minimum Gasteiger partial charge on any atom is -0.350 e. The SMILES string of the molecule is CC(C)c1csc(CCNC(=O)c2ccccn2)n1. The second-order valence-corrected chi connectivity index (χ2v) is 5.48. The van der Waals surface area contributed by atoms with Gasteiger partial charge < -0.3 is 5.32 Å². The molecule has 0 aliphatic heterocycles. The van der Waals surface area contributed by atoms with Gasteiger partial charge in [0.1, 0.15) is 5.69 Å². The molecular formula is C14H17N3OS. The third kappa shape index (κ3) is 3.86. The molecule has 0 saturated carbocycles. The van der Waals surface area contributed by atoms with Gasteiger partial charge in [0, 0.05) is 24.5 Å². The number of hydrogen-bond donors (Lipinski definition) is 1. The van der Waals surface area contributed by atoms with Gasteiger partial charge in [-0.25, -0.2) is 4.98 Å². The van der Waals surface area contributed by atoms with Crippen LogP contribution in [0.15, 0.2) is 29.8 Å². The van der Waals surface area contributed by atoms with Gasteiger partial charge in [-0.3, -0.25) is 9.78 Å². The molecule has 5 heteroatoms. The summed E-state index contributed by atoms with van der Waals surface area (Å²) in [6.07, 6.45) is 2.38. The van der Waals surface area contributed by atoms with Crippen molar-refractivity contribution < 1.29 is 4.79 Å². The van der Waals surface area contributed by atoms with Crippen LogP contribution in [0.1, 0.15) is 41.0 Å². The third-order valence-corrected chi connectivity index (χ3v) is 3.61. The lowest BCUT2D eigenvalue weighted by molar-refractivity contribution is 0.0949. The molecule has 2 aromatic rings.